The molecule has 0 aliphatic carbocycles. The molecule has 1 heterocycles. The lowest BCUT2D eigenvalue weighted by molar-refractivity contribution is -0.131. The number of aliphatic carboxylic acids is 1. The molecule has 11 heavy (non-hydrogen) atoms. The second kappa shape index (κ2) is 2.06. The van der Waals surface area contributed by atoms with Gasteiger partial charge in [-0.15, -0.1) is 4.40 Å². The molecule has 0 radical (unpaired) electrons. The monoisotopic (exact) mass is 176 g/mol. The quantitative estimate of drug-likeness (QED) is 0.513. The average Bonchev–Trinajstić information content (AvgIpc) is 2.04. The van der Waals surface area contributed by atoms with Crippen LogP contribution in [0.2, 0.25) is 0 Å². The zero-order valence-corrected chi connectivity index (χ0v) is 6.00. The third kappa shape index (κ3) is 1.22. The Morgan fingerprint density at radius 3 is 2.36 bits per heavy atom. The van der Waals surface area contributed by atoms with Gasteiger partial charge in [-0.25, -0.2) is 4.79 Å². The SMILES string of the molecule is NC1=NS(=O)(=O)C(C(=O)O)=C1. The number of nitrogens with zero attached hydrogens (tertiary/aromatic N) is 1. The highest BCUT2D eigenvalue weighted by Gasteiger charge is 2.29. The second-order valence-corrected chi connectivity index (χ2v) is 3.38. The first-order chi connectivity index (χ1) is 4.93. The van der Waals surface area contributed by atoms with Crippen LogP contribution in [0, 0.1) is 0 Å². The molecule has 0 aromatic carbocycles. The first-order valence-corrected chi connectivity index (χ1v) is 3.93. The van der Waals surface area contributed by atoms with Gasteiger partial charge in [0.2, 0.25) is 0 Å². The van der Waals surface area contributed by atoms with Crippen LogP contribution in [0.1, 0.15) is 0 Å². The van der Waals surface area contributed by atoms with Gasteiger partial charge in [0.25, 0.3) is 10.0 Å². The molecule has 3 N–H and O–H groups in total. The van der Waals surface area contributed by atoms with Crippen LogP contribution in [-0.4, -0.2) is 25.3 Å². The highest BCUT2D eigenvalue weighted by atomic mass is 32.2. The topological polar surface area (TPSA) is 110 Å². The summed E-state index contributed by atoms with van der Waals surface area (Å²) in [5, 5.41) is 8.29. The van der Waals surface area contributed by atoms with Gasteiger partial charge in [0.05, 0.1) is 0 Å². The standard InChI is InChI=1S/C4H4N2O4S/c5-3-1-2(4(7)8)11(9,10)6-3/h1H,(H2,5,6)(H,7,8). The molecule has 0 unspecified atom stereocenters. The Morgan fingerprint density at radius 2 is 2.18 bits per heavy atom. The van der Waals surface area contributed by atoms with E-state index in [4.69, 9.17) is 10.8 Å². The molecule has 60 valence electrons. The summed E-state index contributed by atoms with van der Waals surface area (Å²) in [5.74, 6) is -1.85. The van der Waals surface area contributed by atoms with Gasteiger partial charge in [-0.2, -0.15) is 8.42 Å². The normalized spacial score (nSPS) is 20.7. The van der Waals surface area contributed by atoms with Crippen LogP contribution in [0.5, 0.6) is 0 Å². The Kier molecular flexibility index (Phi) is 1.45. The van der Waals surface area contributed by atoms with Crippen LogP contribution in [0.3, 0.4) is 0 Å². The van der Waals surface area contributed by atoms with Crippen LogP contribution in [0.15, 0.2) is 15.4 Å². The number of carboxylic acids is 1. The molecule has 1 aliphatic heterocycles. The van der Waals surface area contributed by atoms with E-state index in [2.05, 4.69) is 4.40 Å². The highest BCUT2D eigenvalue weighted by Crippen LogP contribution is 2.14. The molecule has 0 spiro atoms. The van der Waals surface area contributed by atoms with Crippen LogP contribution >= 0.6 is 0 Å². The first kappa shape index (κ1) is 7.73. The molecule has 0 aromatic heterocycles. The Labute approximate surface area is 62.1 Å². The van der Waals surface area contributed by atoms with Crippen molar-refractivity contribution in [3.63, 3.8) is 0 Å². The fraction of sp³-hybridized carbons (Fsp3) is 0. The van der Waals surface area contributed by atoms with Crippen molar-refractivity contribution in [3.05, 3.63) is 11.0 Å². The third-order valence-corrected chi connectivity index (χ3v) is 2.29. The van der Waals surface area contributed by atoms with E-state index in [1.165, 1.54) is 0 Å². The average molecular weight is 176 g/mol. The van der Waals surface area contributed by atoms with Crippen molar-refractivity contribution in [1.29, 1.82) is 0 Å². The first-order valence-electron chi connectivity index (χ1n) is 2.49. The minimum atomic E-state index is -4.01. The van der Waals surface area contributed by atoms with E-state index < -0.39 is 20.9 Å². The Bertz CT molecular complexity index is 364. The summed E-state index contributed by atoms with van der Waals surface area (Å²) >= 11 is 0. The van der Waals surface area contributed by atoms with Gasteiger partial charge in [0, 0.05) is 6.08 Å². The molecule has 1 rings (SSSR count). The fourth-order valence-corrected chi connectivity index (χ4v) is 1.51. The van der Waals surface area contributed by atoms with Gasteiger partial charge >= 0.3 is 5.97 Å². The number of carboxylic acid groups (broad SMARTS) is 1. The lowest BCUT2D eigenvalue weighted by Gasteiger charge is -1.89. The second-order valence-electron chi connectivity index (χ2n) is 1.80. The highest BCUT2D eigenvalue weighted by molar-refractivity contribution is 7.95. The Morgan fingerprint density at radius 1 is 1.64 bits per heavy atom. The third-order valence-electron chi connectivity index (χ3n) is 0.993. The van der Waals surface area contributed by atoms with E-state index >= 15 is 0 Å². The number of amidine groups is 1. The summed E-state index contributed by atoms with van der Waals surface area (Å²) in [6, 6.07) is 0. The predicted octanol–water partition coefficient (Wildman–Crippen LogP) is -1.34. The molecule has 0 fully saturated rings. The fourth-order valence-electron chi connectivity index (χ4n) is 0.595. The molecule has 6 nitrogen and oxygen atoms in total. The number of hydrogen-bond acceptors (Lipinski definition) is 4. The Balaban J connectivity index is 3.26. The maximum absolute atomic E-state index is 10.7. The molecule has 0 saturated heterocycles. The summed E-state index contributed by atoms with van der Waals surface area (Å²) in [6.07, 6.45) is 0.803. The molecule has 0 saturated carbocycles. The van der Waals surface area contributed by atoms with Crippen molar-refractivity contribution >= 4 is 21.8 Å². The van der Waals surface area contributed by atoms with E-state index in [0.717, 1.165) is 6.08 Å². The van der Waals surface area contributed by atoms with Crippen LogP contribution in [0.25, 0.3) is 0 Å². The smallest absolute Gasteiger partial charge is 0.349 e. The van der Waals surface area contributed by atoms with Crippen molar-refractivity contribution in [2.75, 3.05) is 0 Å². The van der Waals surface area contributed by atoms with Crippen LogP contribution < -0.4 is 5.73 Å². The maximum atomic E-state index is 10.7. The molecular formula is C4H4N2O4S. The van der Waals surface area contributed by atoms with E-state index in [-0.39, 0.29) is 5.84 Å². The zero-order chi connectivity index (χ0) is 8.65. The Hall–Kier alpha value is -1.37. The summed E-state index contributed by atoms with van der Waals surface area (Å²) < 4.78 is 24.3. The van der Waals surface area contributed by atoms with Gasteiger partial charge < -0.3 is 10.8 Å². The van der Waals surface area contributed by atoms with Gasteiger partial charge in [-0.05, 0) is 0 Å². The zero-order valence-electron chi connectivity index (χ0n) is 5.18. The largest absolute Gasteiger partial charge is 0.477 e. The van der Waals surface area contributed by atoms with Gasteiger partial charge in [-0.1, -0.05) is 0 Å². The molecule has 1 aliphatic rings. The van der Waals surface area contributed by atoms with Crippen molar-refractivity contribution in [1.82, 2.24) is 0 Å². The minimum Gasteiger partial charge on any atom is -0.477 e. The number of hydrogen-bond donors (Lipinski definition) is 2. The van der Waals surface area contributed by atoms with Crippen molar-refractivity contribution in [3.8, 4) is 0 Å². The molecule has 0 atom stereocenters. The molecular weight excluding hydrogens is 172 g/mol. The number of carbonyl (C=O) groups is 1. The number of sulfonamides is 1. The van der Waals surface area contributed by atoms with E-state index in [1.807, 2.05) is 0 Å². The van der Waals surface area contributed by atoms with Gasteiger partial charge in [0.1, 0.15) is 5.84 Å². The van der Waals surface area contributed by atoms with E-state index in [0.29, 0.717) is 0 Å². The molecule has 0 amide bonds. The van der Waals surface area contributed by atoms with E-state index in [1.54, 1.807) is 0 Å². The van der Waals surface area contributed by atoms with Gasteiger partial charge in [0.15, 0.2) is 4.91 Å². The maximum Gasteiger partial charge on any atom is 0.349 e. The lowest BCUT2D eigenvalue weighted by Crippen LogP contribution is -2.07. The van der Waals surface area contributed by atoms with Crippen molar-refractivity contribution < 1.29 is 18.3 Å². The molecule has 7 heteroatoms. The van der Waals surface area contributed by atoms with Crippen molar-refractivity contribution in [2.24, 2.45) is 10.1 Å². The molecule has 0 bridgehead atoms. The number of rotatable bonds is 1. The summed E-state index contributed by atoms with van der Waals surface area (Å²) in [6.45, 7) is 0. The van der Waals surface area contributed by atoms with Gasteiger partial charge in [-0.3, -0.25) is 0 Å². The van der Waals surface area contributed by atoms with Crippen LogP contribution in [0.4, 0.5) is 0 Å². The van der Waals surface area contributed by atoms with E-state index in [9.17, 15) is 13.2 Å². The van der Waals surface area contributed by atoms with Crippen LogP contribution in [-0.2, 0) is 14.8 Å². The molecule has 0 aromatic rings. The summed E-state index contributed by atoms with van der Waals surface area (Å²) in [4.78, 5) is 9.40. The summed E-state index contributed by atoms with van der Waals surface area (Å²) in [5.41, 5.74) is 4.97. The number of nitrogens with two attached hydrogens (primary N) is 1. The predicted molar refractivity (Wildman–Crippen MR) is 36.3 cm³/mol. The lowest BCUT2D eigenvalue weighted by atomic mass is 10.5. The van der Waals surface area contributed by atoms with Crippen molar-refractivity contribution in [2.45, 2.75) is 0 Å². The summed E-state index contributed by atoms with van der Waals surface area (Å²) in [7, 11) is -4.01. The minimum absolute atomic E-state index is 0.303.